The van der Waals surface area contributed by atoms with Crippen molar-refractivity contribution in [1.29, 1.82) is 0 Å². The molecule has 21 heavy (non-hydrogen) atoms. The topological polar surface area (TPSA) is 72.0 Å². The minimum Gasteiger partial charge on any atom is -0.464 e. The molecule has 1 aromatic heterocycles. The lowest BCUT2D eigenvalue weighted by molar-refractivity contribution is 0.274. The number of aromatic nitrogens is 3. The summed E-state index contributed by atoms with van der Waals surface area (Å²) in [6, 6.07) is 0.358. The maximum absolute atomic E-state index is 5.40. The molecule has 0 aliphatic carbocycles. The second-order valence-electron chi connectivity index (χ2n) is 6.27. The number of ether oxygens (including phenoxy) is 1. The van der Waals surface area contributed by atoms with Crippen molar-refractivity contribution in [3.05, 3.63) is 0 Å². The molecule has 0 spiro atoms. The maximum atomic E-state index is 5.40. The van der Waals surface area contributed by atoms with Crippen LogP contribution in [0.5, 0.6) is 6.01 Å². The van der Waals surface area contributed by atoms with Gasteiger partial charge in [0.1, 0.15) is 0 Å². The lowest BCUT2D eigenvalue weighted by Crippen LogP contribution is -2.25. The summed E-state index contributed by atoms with van der Waals surface area (Å²) in [5.41, 5.74) is 0.242. The van der Waals surface area contributed by atoms with Crippen molar-refractivity contribution in [2.45, 2.75) is 48.0 Å². The highest BCUT2D eigenvalue weighted by Gasteiger charge is 2.20. The maximum Gasteiger partial charge on any atom is 0.323 e. The first-order chi connectivity index (χ1) is 9.86. The highest BCUT2D eigenvalue weighted by Crippen LogP contribution is 2.25. The summed E-state index contributed by atoms with van der Waals surface area (Å²) in [5.74, 6) is 1.61. The van der Waals surface area contributed by atoms with E-state index in [0.29, 0.717) is 30.4 Å². The van der Waals surface area contributed by atoms with Crippen molar-refractivity contribution >= 4 is 11.9 Å². The predicted octanol–water partition coefficient (Wildman–Crippen LogP) is 3.19. The van der Waals surface area contributed by atoms with Crippen LogP contribution in [-0.4, -0.2) is 34.6 Å². The molecule has 0 saturated heterocycles. The molecular weight excluding hydrogens is 266 g/mol. The molecule has 1 heterocycles. The number of hydrogen-bond donors (Lipinski definition) is 2. The normalized spacial score (nSPS) is 12.9. The Morgan fingerprint density at radius 2 is 1.67 bits per heavy atom. The average Bonchev–Trinajstić information content (AvgIpc) is 2.41. The molecule has 0 saturated carbocycles. The third-order valence-electron chi connectivity index (χ3n) is 3.47. The van der Waals surface area contributed by atoms with Gasteiger partial charge in [-0.25, -0.2) is 0 Å². The van der Waals surface area contributed by atoms with Gasteiger partial charge in [-0.15, -0.1) is 0 Å². The van der Waals surface area contributed by atoms with E-state index < -0.39 is 0 Å². The Morgan fingerprint density at radius 3 is 2.19 bits per heavy atom. The van der Waals surface area contributed by atoms with Crippen molar-refractivity contribution in [3.8, 4) is 6.01 Å². The van der Waals surface area contributed by atoms with E-state index in [4.69, 9.17) is 4.74 Å². The third kappa shape index (κ3) is 6.14. The van der Waals surface area contributed by atoms with Crippen LogP contribution in [0.25, 0.3) is 0 Å². The monoisotopic (exact) mass is 295 g/mol. The summed E-state index contributed by atoms with van der Waals surface area (Å²) in [4.78, 5) is 12.9. The van der Waals surface area contributed by atoms with Gasteiger partial charge >= 0.3 is 6.01 Å². The number of nitrogens with one attached hydrogen (secondary N) is 2. The molecule has 0 bridgehead atoms. The molecule has 6 nitrogen and oxygen atoms in total. The summed E-state index contributed by atoms with van der Waals surface area (Å²) in [6.07, 6.45) is 1.01. The summed E-state index contributed by atoms with van der Waals surface area (Å²) >= 11 is 0. The van der Waals surface area contributed by atoms with Gasteiger partial charge in [-0.1, -0.05) is 34.6 Å². The summed E-state index contributed by atoms with van der Waals surface area (Å²) in [7, 11) is 0. The second kappa shape index (κ2) is 8.00. The minimum absolute atomic E-state index is 0.242. The Bertz CT molecular complexity index is 431. The molecule has 1 aromatic rings. The molecule has 0 radical (unpaired) electrons. The van der Waals surface area contributed by atoms with Gasteiger partial charge in [-0.3, -0.25) is 0 Å². The molecule has 1 rings (SSSR count). The van der Waals surface area contributed by atoms with Gasteiger partial charge in [0.15, 0.2) is 0 Å². The Labute approximate surface area is 128 Å². The lowest BCUT2D eigenvalue weighted by Gasteiger charge is -2.27. The Hall–Kier alpha value is -1.59. The number of anilines is 2. The van der Waals surface area contributed by atoms with Gasteiger partial charge in [0.25, 0.3) is 0 Å². The third-order valence-corrected chi connectivity index (χ3v) is 3.47. The highest BCUT2D eigenvalue weighted by atomic mass is 16.5. The zero-order valence-corrected chi connectivity index (χ0v) is 14.2. The van der Waals surface area contributed by atoms with E-state index in [1.807, 2.05) is 6.92 Å². The standard InChI is InChI=1S/C15H29N5O/c1-7-9-16-12-18-13(20-14(19-12)21-8-2)17-10-11(3)15(4,5)6/h11H,7-10H2,1-6H3,(H2,16,17,18,19,20). The van der Waals surface area contributed by atoms with Crippen LogP contribution in [0.15, 0.2) is 0 Å². The predicted molar refractivity (Wildman–Crippen MR) is 86.9 cm³/mol. The fourth-order valence-corrected chi connectivity index (χ4v) is 1.50. The fraction of sp³-hybridized carbons (Fsp3) is 0.800. The van der Waals surface area contributed by atoms with Crippen LogP contribution in [0.3, 0.4) is 0 Å². The first-order valence-corrected chi connectivity index (χ1v) is 7.73. The van der Waals surface area contributed by atoms with Gasteiger partial charge in [0, 0.05) is 13.1 Å². The Morgan fingerprint density at radius 1 is 1.05 bits per heavy atom. The molecule has 6 heteroatoms. The SMILES string of the molecule is CCCNc1nc(NCC(C)C(C)(C)C)nc(OCC)n1. The molecule has 2 N–H and O–H groups in total. The van der Waals surface area contributed by atoms with Crippen LogP contribution in [0.4, 0.5) is 11.9 Å². The van der Waals surface area contributed by atoms with E-state index in [0.717, 1.165) is 19.5 Å². The largest absolute Gasteiger partial charge is 0.464 e. The van der Waals surface area contributed by atoms with Crippen LogP contribution in [-0.2, 0) is 0 Å². The van der Waals surface area contributed by atoms with E-state index in [9.17, 15) is 0 Å². The number of nitrogens with zero attached hydrogens (tertiary/aromatic N) is 3. The molecular formula is C15H29N5O. The van der Waals surface area contributed by atoms with E-state index >= 15 is 0 Å². The van der Waals surface area contributed by atoms with E-state index in [1.54, 1.807) is 0 Å². The smallest absolute Gasteiger partial charge is 0.323 e. The van der Waals surface area contributed by atoms with Gasteiger partial charge < -0.3 is 15.4 Å². The van der Waals surface area contributed by atoms with Crippen molar-refractivity contribution in [3.63, 3.8) is 0 Å². The molecule has 0 amide bonds. The molecule has 0 aliphatic rings. The van der Waals surface area contributed by atoms with Crippen LogP contribution < -0.4 is 15.4 Å². The summed E-state index contributed by atoms with van der Waals surface area (Å²) in [5, 5.41) is 6.45. The zero-order chi connectivity index (χ0) is 15.9. The van der Waals surface area contributed by atoms with Gasteiger partial charge in [-0.2, -0.15) is 15.0 Å². The Balaban J connectivity index is 2.77. The molecule has 1 atom stereocenters. The van der Waals surface area contributed by atoms with Gasteiger partial charge in [0.2, 0.25) is 11.9 Å². The van der Waals surface area contributed by atoms with E-state index in [-0.39, 0.29) is 5.41 Å². The second-order valence-corrected chi connectivity index (χ2v) is 6.27. The minimum atomic E-state index is 0.242. The number of hydrogen-bond acceptors (Lipinski definition) is 6. The highest BCUT2D eigenvalue weighted by molar-refractivity contribution is 5.35. The van der Waals surface area contributed by atoms with Crippen molar-refractivity contribution in [2.24, 2.45) is 11.3 Å². The molecule has 0 aliphatic heterocycles. The van der Waals surface area contributed by atoms with Crippen LogP contribution in [0.2, 0.25) is 0 Å². The Kier molecular flexibility index (Phi) is 6.65. The first-order valence-electron chi connectivity index (χ1n) is 7.73. The summed E-state index contributed by atoms with van der Waals surface area (Å²) < 4.78 is 5.40. The number of rotatable bonds is 8. The zero-order valence-electron chi connectivity index (χ0n) is 14.2. The van der Waals surface area contributed by atoms with Crippen LogP contribution >= 0.6 is 0 Å². The molecule has 0 aromatic carbocycles. The quantitative estimate of drug-likeness (QED) is 0.767. The molecule has 120 valence electrons. The van der Waals surface area contributed by atoms with Gasteiger partial charge in [-0.05, 0) is 24.7 Å². The summed E-state index contributed by atoms with van der Waals surface area (Å²) in [6.45, 7) is 15.1. The van der Waals surface area contributed by atoms with Crippen molar-refractivity contribution < 1.29 is 4.74 Å². The van der Waals surface area contributed by atoms with E-state index in [1.165, 1.54) is 0 Å². The van der Waals surface area contributed by atoms with E-state index in [2.05, 4.69) is 60.2 Å². The van der Waals surface area contributed by atoms with Crippen LogP contribution in [0.1, 0.15) is 48.0 Å². The average molecular weight is 295 g/mol. The van der Waals surface area contributed by atoms with Crippen molar-refractivity contribution in [2.75, 3.05) is 30.3 Å². The molecule has 1 unspecified atom stereocenters. The molecule has 0 fully saturated rings. The van der Waals surface area contributed by atoms with Gasteiger partial charge in [0.05, 0.1) is 6.61 Å². The lowest BCUT2D eigenvalue weighted by atomic mass is 9.82. The fourth-order valence-electron chi connectivity index (χ4n) is 1.50. The van der Waals surface area contributed by atoms with Crippen molar-refractivity contribution in [1.82, 2.24) is 15.0 Å². The first kappa shape index (κ1) is 17.5. The van der Waals surface area contributed by atoms with Crippen LogP contribution in [0, 0.1) is 11.3 Å².